The molecule has 0 fully saturated rings. The second-order valence-corrected chi connectivity index (χ2v) is 8.93. The summed E-state index contributed by atoms with van der Waals surface area (Å²) in [4.78, 5) is 4.23. The summed E-state index contributed by atoms with van der Waals surface area (Å²) in [6.45, 7) is 5.35. The molecule has 0 saturated heterocycles. The van der Waals surface area contributed by atoms with Gasteiger partial charge in [0.05, 0.1) is 11.9 Å². The number of nitrogens with zero attached hydrogens (tertiary/aromatic N) is 3. The molecule has 0 unspecified atom stereocenters. The van der Waals surface area contributed by atoms with Gasteiger partial charge in [-0.15, -0.1) is 0 Å². The first-order valence-electron chi connectivity index (χ1n) is 10.4. The van der Waals surface area contributed by atoms with Crippen molar-refractivity contribution in [1.82, 2.24) is 20.1 Å². The van der Waals surface area contributed by atoms with Gasteiger partial charge in [-0.3, -0.25) is 4.98 Å². The predicted octanol–water partition coefficient (Wildman–Crippen LogP) is 5.36. The van der Waals surface area contributed by atoms with Crippen LogP contribution in [0.4, 0.5) is 4.39 Å². The first-order chi connectivity index (χ1) is 14.5. The van der Waals surface area contributed by atoms with Crippen molar-refractivity contribution in [3.05, 3.63) is 89.8 Å². The quantitative estimate of drug-likeness (QED) is 0.501. The number of halogens is 1. The van der Waals surface area contributed by atoms with Gasteiger partial charge in [0, 0.05) is 41.6 Å². The molecule has 0 saturated carbocycles. The van der Waals surface area contributed by atoms with E-state index in [1.807, 2.05) is 29.3 Å². The highest BCUT2D eigenvalue weighted by atomic mass is 19.1. The first-order valence-corrected chi connectivity index (χ1v) is 10.4. The van der Waals surface area contributed by atoms with Crippen molar-refractivity contribution in [2.45, 2.75) is 39.3 Å². The number of hydrogen-bond acceptors (Lipinski definition) is 3. The fourth-order valence-electron chi connectivity index (χ4n) is 4.63. The average Bonchev–Trinajstić information content (AvgIpc) is 3.14. The van der Waals surface area contributed by atoms with Crippen molar-refractivity contribution in [3.63, 3.8) is 0 Å². The summed E-state index contributed by atoms with van der Waals surface area (Å²) >= 11 is 0. The van der Waals surface area contributed by atoms with Crippen molar-refractivity contribution in [3.8, 4) is 5.69 Å². The minimum atomic E-state index is -0.244. The molecule has 1 aliphatic rings. The van der Waals surface area contributed by atoms with Gasteiger partial charge in [-0.2, -0.15) is 5.10 Å². The standard InChI is InChI=1S/C25H25FN4/c1-25(2)12-23(28-15-18-6-3-5-17-14-27-10-9-21(17)18)22-16-29-30(24(22)13-25)20-8-4-7-19(26)11-20/h3-11,14,16,23,28H,12-13,15H2,1-2H3/t23-/m0/s1. The van der Waals surface area contributed by atoms with Crippen molar-refractivity contribution in [1.29, 1.82) is 0 Å². The van der Waals surface area contributed by atoms with Crippen LogP contribution >= 0.6 is 0 Å². The Hall–Kier alpha value is -3.05. The minimum Gasteiger partial charge on any atom is -0.306 e. The zero-order chi connectivity index (χ0) is 20.7. The Labute approximate surface area is 175 Å². The number of benzene rings is 2. The molecule has 0 radical (unpaired) electrons. The van der Waals surface area contributed by atoms with Gasteiger partial charge in [0.2, 0.25) is 0 Å². The molecule has 4 nitrogen and oxygen atoms in total. The summed E-state index contributed by atoms with van der Waals surface area (Å²) < 4.78 is 15.7. The Morgan fingerprint density at radius 1 is 1.13 bits per heavy atom. The molecule has 152 valence electrons. The van der Waals surface area contributed by atoms with E-state index in [1.54, 1.807) is 12.1 Å². The predicted molar refractivity (Wildman–Crippen MR) is 117 cm³/mol. The number of nitrogens with one attached hydrogen (secondary N) is 1. The summed E-state index contributed by atoms with van der Waals surface area (Å²) in [5.41, 5.74) is 4.53. The van der Waals surface area contributed by atoms with Gasteiger partial charge in [-0.25, -0.2) is 9.07 Å². The van der Waals surface area contributed by atoms with Crippen LogP contribution in [0.3, 0.4) is 0 Å². The van der Waals surface area contributed by atoms with E-state index < -0.39 is 0 Å². The third-order valence-corrected chi connectivity index (χ3v) is 6.04. The van der Waals surface area contributed by atoms with E-state index in [4.69, 9.17) is 0 Å². The third kappa shape index (κ3) is 3.50. The van der Waals surface area contributed by atoms with Crippen molar-refractivity contribution >= 4 is 10.8 Å². The highest BCUT2D eigenvalue weighted by molar-refractivity contribution is 5.84. The lowest BCUT2D eigenvalue weighted by atomic mass is 9.74. The smallest absolute Gasteiger partial charge is 0.125 e. The maximum Gasteiger partial charge on any atom is 0.125 e. The van der Waals surface area contributed by atoms with Crippen LogP contribution in [0.25, 0.3) is 16.5 Å². The van der Waals surface area contributed by atoms with Gasteiger partial charge < -0.3 is 5.32 Å². The number of aromatic nitrogens is 3. The van der Waals surface area contributed by atoms with Crippen molar-refractivity contribution in [2.75, 3.05) is 0 Å². The highest BCUT2D eigenvalue weighted by Crippen LogP contribution is 2.41. The number of rotatable bonds is 4. The fraction of sp³-hybridized carbons (Fsp3) is 0.280. The molecule has 0 amide bonds. The van der Waals surface area contributed by atoms with Crippen LogP contribution in [-0.2, 0) is 13.0 Å². The molecule has 0 bridgehead atoms. The lowest BCUT2D eigenvalue weighted by Crippen LogP contribution is -2.33. The molecule has 4 aromatic rings. The van der Waals surface area contributed by atoms with E-state index in [1.165, 1.54) is 22.6 Å². The molecule has 2 aromatic heterocycles. The monoisotopic (exact) mass is 400 g/mol. The lowest BCUT2D eigenvalue weighted by molar-refractivity contribution is 0.253. The van der Waals surface area contributed by atoms with Crippen LogP contribution in [-0.4, -0.2) is 14.8 Å². The Morgan fingerprint density at radius 2 is 2.00 bits per heavy atom. The fourth-order valence-corrected chi connectivity index (χ4v) is 4.63. The van der Waals surface area contributed by atoms with E-state index in [-0.39, 0.29) is 17.3 Å². The topological polar surface area (TPSA) is 42.7 Å². The van der Waals surface area contributed by atoms with E-state index in [2.05, 4.69) is 53.5 Å². The summed E-state index contributed by atoms with van der Waals surface area (Å²) in [5, 5.41) is 10.8. The Bertz CT molecular complexity index is 1210. The van der Waals surface area contributed by atoms with E-state index >= 15 is 0 Å². The van der Waals surface area contributed by atoms with Gasteiger partial charge >= 0.3 is 0 Å². The van der Waals surface area contributed by atoms with Crippen LogP contribution < -0.4 is 5.32 Å². The van der Waals surface area contributed by atoms with Gasteiger partial charge in [-0.05, 0) is 53.5 Å². The highest BCUT2D eigenvalue weighted by Gasteiger charge is 2.35. The Kier molecular flexibility index (Phi) is 4.63. The lowest BCUT2D eigenvalue weighted by Gasteiger charge is -2.36. The molecule has 0 spiro atoms. The molecule has 2 aromatic carbocycles. The van der Waals surface area contributed by atoms with E-state index in [9.17, 15) is 4.39 Å². The molecule has 1 N–H and O–H groups in total. The van der Waals surface area contributed by atoms with Crippen LogP contribution in [0.2, 0.25) is 0 Å². The third-order valence-electron chi connectivity index (χ3n) is 6.04. The summed E-state index contributed by atoms with van der Waals surface area (Å²) in [5.74, 6) is -0.244. The molecule has 0 aliphatic heterocycles. The molecular formula is C25H25FN4. The van der Waals surface area contributed by atoms with Crippen LogP contribution in [0.15, 0.2) is 67.1 Å². The van der Waals surface area contributed by atoms with E-state index in [0.29, 0.717) is 0 Å². The summed E-state index contributed by atoms with van der Waals surface area (Å²) in [6, 6.07) is 15.3. The number of fused-ring (bicyclic) bond motifs is 2. The Balaban J connectivity index is 1.47. The van der Waals surface area contributed by atoms with E-state index in [0.717, 1.165) is 36.2 Å². The zero-order valence-electron chi connectivity index (χ0n) is 17.3. The number of hydrogen-bond donors (Lipinski definition) is 1. The Morgan fingerprint density at radius 3 is 2.87 bits per heavy atom. The minimum absolute atomic E-state index is 0.123. The SMILES string of the molecule is CC1(C)Cc2c(cnn2-c2cccc(F)c2)[C@@H](NCc2cccc3cnccc23)C1. The van der Waals surface area contributed by atoms with Crippen molar-refractivity contribution < 1.29 is 4.39 Å². The molecule has 30 heavy (non-hydrogen) atoms. The van der Waals surface area contributed by atoms with Crippen molar-refractivity contribution in [2.24, 2.45) is 5.41 Å². The largest absolute Gasteiger partial charge is 0.306 e. The summed E-state index contributed by atoms with van der Waals surface area (Å²) in [7, 11) is 0. The molecule has 1 aliphatic carbocycles. The molecule has 5 heteroatoms. The zero-order valence-corrected chi connectivity index (χ0v) is 17.3. The number of pyridine rings is 1. The molecular weight excluding hydrogens is 375 g/mol. The maximum absolute atomic E-state index is 13.8. The molecule has 1 atom stereocenters. The second-order valence-electron chi connectivity index (χ2n) is 8.93. The molecule has 2 heterocycles. The van der Waals surface area contributed by atoms with Crippen LogP contribution in [0.1, 0.15) is 43.1 Å². The van der Waals surface area contributed by atoms with Gasteiger partial charge in [0.25, 0.3) is 0 Å². The second kappa shape index (κ2) is 7.33. The van der Waals surface area contributed by atoms with Gasteiger partial charge in [0.1, 0.15) is 5.82 Å². The van der Waals surface area contributed by atoms with Gasteiger partial charge in [0.15, 0.2) is 0 Å². The summed E-state index contributed by atoms with van der Waals surface area (Å²) in [6.07, 6.45) is 7.64. The average molecular weight is 401 g/mol. The first kappa shape index (κ1) is 18.9. The van der Waals surface area contributed by atoms with Crippen LogP contribution in [0.5, 0.6) is 0 Å². The maximum atomic E-state index is 13.8. The normalized spacial score (nSPS) is 17.8. The molecule has 5 rings (SSSR count). The van der Waals surface area contributed by atoms with Gasteiger partial charge in [-0.1, -0.05) is 38.1 Å². The van der Waals surface area contributed by atoms with Crippen LogP contribution in [0, 0.1) is 11.2 Å².